The van der Waals surface area contributed by atoms with Crippen LogP contribution in [0, 0.1) is 0 Å². The molecule has 2 fully saturated rings. The van der Waals surface area contributed by atoms with Gasteiger partial charge < -0.3 is 15.0 Å². The number of aromatic nitrogens is 2. The summed E-state index contributed by atoms with van der Waals surface area (Å²) in [5.74, 6) is 0.962. The Bertz CT molecular complexity index is 1050. The summed E-state index contributed by atoms with van der Waals surface area (Å²) >= 11 is 0. The van der Waals surface area contributed by atoms with E-state index < -0.39 is 0 Å². The summed E-state index contributed by atoms with van der Waals surface area (Å²) in [6.07, 6.45) is 9.90. The van der Waals surface area contributed by atoms with Gasteiger partial charge >= 0.3 is 0 Å². The van der Waals surface area contributed by atoms with Gasteiger partial charge in [-0.25, -0.2) is 0 Å². The van der Waals surface area contributed by atoms with Crippen molar-refractivity contribution in [2.75, 3.05) is 18.6 Å². The lowest BCUT2D eigenvalue weighted by atomic mass is 9.94. The van der Waals surface area contributed by atoms with E-state index in [0.717, 1.165) is 23.3 Å². The van der Waals surface area contributed by atoms with Gasteiger partial charge in [-0.2, -0.15) is 5.10 Å². The lowest BCUT2D eigenvalue weighted by molar-refractivity contribution is 0.326. The number of hydrogen-bond acceptors (Lipinski definition) is 4. The first-order valence-corrected chi connectivity index (χ1v) is 11.1. The van der Waals surface area contributed by atoms with Crippen LogP contribution >= 0.6 is 0 Å². The number of piperidine rings is 1. The molecule has 3 aliphatic rings. The molecule has 0 spiro atoms. The van der Waals surface area contributed by atoms with Gasteiger partial charge in [0.25, 0.3) is 0 Å². The van der Waals surface area contributed by atoms with Gasteiger partial charge in [-0.3, -0.25) is 5.10 Å². The Morgan fingerprint density at radius 2 is 1.83 bits per heavy atom. The Balaban J connectivity index is 1.31. The average molecular weight is 401 g/mol. The quantitative estimate of drug-likeness (QED) is 0.684. The minimum atomic E-state index is 0.633. The third-order valence-electron chi connectivity index (χ3n) is 7.22. The topological polar surface area (TPSA) is 53.2 Å². The van der Waals surface area contributed by atoms with Gasteiger partial charge in [0.05, 0.1) is 12.8 Å². The summed E-state index contributed by atoms with van der Waals surface area (Å²) in [6, 6.07) is 15.5. The summed E-state index contributed by atoms with van der Waals surface area (Å²) < 4.78 is 6.17. The Hall–Kier alpha value is -2.79. The summed E-state index contributed by atoms with van der Waals surface area (Å²) in [7, 11) is 2.27. The van der Waals surface area contributed by atoms with Crippen LogP contribution in [0.1, 0.15) is 31.2 Å². The van der Waals surface area contributed by atoms with Crippen LogP contribution in [-0.4, -0.2) is 42.0 Å². The number of anilines is 1. The minimum absolute atomic E-state index is 0.633. The zero-order valence-corrected chi connectivity index (χ0v) is 17.4. The lowest BCUT2D eigenvalue weighted by Crippen LogP contribution is -2.47. The van der Waals surface area contributed by atoms with Gasteiger partial charge in [-0.15, -0.1) is 0 Å². The SMILES string of the molecule is CN(c1ccc2c(c1)CCOc1cc(-c3cn[nH]c3)ccc1-2)C1CC2CCC(C1)N2. The molecule has 30 heavy (non-hydrogen) atoms. The molecule has 5 heteroatoms. The number of H-pyrrole nitrogens is 1. The van der Waals surface area contributed by atoms with Crippen LogP contribution in [0.5, 0.6) is 5.75 Å². The summed E-state index contributed by atoms with van der Waals surface area (Å²) in [5, 5.41) is 10.7. The molecule has 2 saturated heterocycles. The Labute approximate surface area is 177 Å². The standard InChI is InChI=1S/C25H28N4O/c1-29(22-12-19-3-4-20(13-22)28-19)21-5-7-23-17(10-21)8-9-30-25-11-16(2-6-24(23)25)18-14-26-27-15-18/h2,5-7,10-11,14-15,19-20,22,28H,3-4,8-9,12-13H2,1H3,(H,26,27). The van der Waals surface area contributed by atoms with Crippen molar-refractivity contribution < 1.29 is 4.74 Å². The molecule has 5 nitrogen and oxygen atoms in total. The van der Waals surface area contributed by atoms with Crippen LogP contribution in [0.3, 0.4) is 0 Å². The molecule has 2 N–H and O–H groups in total. The number of hydrogen-bond donors (Lipinski definition) is 2. The molecule has 2 unspecified atom stereocenters. The van der Waals surface area contributed by atoms with Crippen molar-refractivity contribution in [3.63, 3.8) is 0 Å². The van der Waals surface area contributed by atoms with E-state index in [4.69, 9.17) is 4.74 Å². The molecule has 1 aromatic heterocycles. The van der Waals surface area contributed by atoms with Crippen molar-refractivity contribution in [3.8, 4) is 28.0 Å². The van der Waals surface area contributed by atoms with E-state index in [-0.39, 0.29) is 0 Å². The van der Waals surface area contributed by atoms with E-state index in [1.54, 1.807) is 0 Å². The normalized spacial score (nSPS) is 24.5. The minimum Gasteiger partial charge on any atom is -0.493 e. The van der Waals surface area contributed by atoms with Gasteiger partial charge in [0.2, 0.25) is 0 Å². The van der Waals surface area contributed by atoms with E-state index in [1.165, 1.54) is 48.1 Å². The first-order valence-electron chi connectivity index (χ1n) is 11.1. The van der Waals surface area contributed by atoms with Crippen LogP contribution in [0.2, 0.25) is 0 Å². The highest BCUT2D eigenvalue weighted by Gasteiger charge is 2.35. The molecule has 2 bridgehead atoms. The van der Waals surface area contributed by atoms with E-state index in [9.17, 15) is 0 Å². The molecule has 3 aromatic rings. The Morgan fingerprint density at radius 1 is 1.00 bits per heavy atom. The maximum atomic E-state index is 6.17. The molecular weight excluding hydrogens is 372 g/mol. The highest BCUT2D eigenvalue weighted by atomic mass is 16.5. The first-order chi connectivity index (χ1) is 14.7. The third kappa shape index (κ3) is 3.08. The summed E-state index contributed by atoms with van der Waals surface area (Å²) in [6.45, 7) is 0.708. The fourth-order valence-electron chi connectivity index (χ4n) is 5.55. The predicted molar refractivity (Wildman–Crippen MR) is 120 cm³/mol. The molecule has 0 saturated carbocycles. The van der Waals surface area contributed by atoms with Gasteiger partial charge in [-0.1, -0.05) is 18.2 Å². The molecule has 3 aliphatic heterocycles. The van der Waals surface area contributed by atoms with E-state index in [2.05, 4.69) is 63.9 Å². The van der Waals surface area contributed by atoms with Crippen LogP contribution < -0.4 is 15.0 Å². The van der Waals surface area contributed by atoms with Crippen LogP contribution in [0.15, 0.2) is 48.8 Å². The van der Waals surface area contributed by atoms with Crippen molar-refractivity contribution in [2.24, 2.45) is 0 Å². The molecule has 0 amide bonds. The number of nitrogens with one attached hydrogen (secondary N) is 2. The molecule has 2 atom stereocenters. The summed E-state index contributed by atoms with van der Waals surface area (Å²) in [5.41, 5.74) is 7.40. The second kappa shape index (κ2) is 7.17. The number of nitrogens with zero attached hydrogens (tertiary/aromatic N) is 2. The molecule has 0 radical (unpaired) electrons. The number of benzene rings is 2. The largest absolute Gasteiger partial charge is 0.493 e. The molecule has 4 heterocycles. The fourth-order valence-corrected chi connectivity index (χ4v) is 5.55. The van der Waals surface area contributed by atoms with Crippen molar-refractivity contribution in [1.29, 1.82) is 0 Å². The maximum absolute atomic E-state index is 6.17. The van der Waals surface area contributed by atoms with Crippen molar-refractivity contribution in [2.45, 2.75) is 50.2 Å². The van der Waals surface area contributed by atoms with Crippen LogP contribution in [0.25, 0.3) is 22.3 Å². The fraction of sp³-hybridized carbons (Fsp3) is 0.400. The smallest absolute Gasteiger partial charge is 0.127 e. The second-order valence-electron chi connectivity index (χ2n) is 9.01. The number of fused-ring (bicyclic) bond motifs is 5. The lowest BCUT2D eigenvalue weighted by Gasteiger charge is -2.37. The van der Waals surface area contributed by atoms with Crippen molar-refractivity contribution in [1.82, 2.24) is 15.5 Å². The molecule has 6 rings (SSSR count). The molecule has 2 aromatic carbocycles. The monoisotopic (exact) mass is 400 g/mol. The van der Waals surface area contributed by atoms with Gasteiger partial charge in [-0.05, 0) is 60.6 Å². The predicted octanol–water partition coefficient (Wildman–Crippen LogP) is 4.40. The number of rotatable bonds is 3. The van der Waals surface area contributed by atoms with Gasteiger partial charge in [0.15, 0.2) is 0 Å². The molecular formula is C25H28N4O. The number of aromatic amines is 1. The van der Waals surface area contributed by atoms with Gasteiger partial charge in [0.1, 0.15) is 5.75 Å². The van der Waals surface area contributed by atoms with E-state index in [0.29, 0.717) is 24.7 Å². The molecule has 0 aliphatic carbocycles. The zero-order chi connectivity index (χ0) is 20.1. The average Bonchev–Trinajstić information content (AvgIpc) is 3.38. The highest BCUT2D eigenvalue weighted by molar-refractivity contribution is 5.79. The summed E-state index contributed by atoms with van der Waals surface area (Å²) in [4.78, 5) is 2.51. The van der Waals surface area contributed by atoms with Crippen molar-refractivity contribution in [3.05, 3.63) is 54.4 Å². The molecule has 154 valence electrons. The second-order valence-corrected chi connectivity index (χ2v) is 9.01. The van der Waals surface area contributed by atoms with E-state index >= 15 is 0 Å². The van der Waals surface area contributed by atoms with Crippen molar-refractivity contribution >= 4 is 5.69 Å². The Kier molecular flexibility index (Phi) is 4.30. The third-order valence-corrected chi connectivity index (χ3v) is 7.22. The van der Waals surface area contributed by atoms with Crippen LogP contribution in [0.4, 0.5) is 5.69 Å². The first kappa shape index (κ1) is 18.0. The maximum Gasteiger partial charge on any atom is 0.127 e. The number of ether oxygens (including phenoxy) is 1. The van der Waals surface area contributed by atoms with Gasteiger partial charge in [0, 0.05) is 54.6 Å². The van der Waals surface area contributed by atoms with Crippen LogP contribution in [-0.2, 0) is 6.42 Å². The Morgan fingerprint density at radius 3 is 2.63 bits per heavy atom. The van der Waals surface area contributed by atoms with E-state index in [1.807, 2.05) is 12.4 Å². The zero-order valence-electron chi connectivity index (χ0n) is 17.4. The highest BCUT2D eigenvalue weighted by Crippen LogP contribution is 2.40.